The molecular formula is C67H77Cl3N6O19S3. The maximum atomic E-state index is 12.2. The molecule has 528 valence electrons. The number of benzene rings is 6. The van der Waals surface area contributed by atoms with Crippen molar-refractivity contribution in [3.63, 3.8) is 0 Å². The van der Waals surface area contributed by atoms with E-state index in [9.17, 15) is 85.3 Å². The van der Waals surface area contributed by atoms with Crippen LogP contribution in [0, 0.1) is 0 Å². The predicted molar refractivity (Wildman–Crippen MR) is 382 cm³/mol. The van der Waals surface area contributed by atoms with Gasteiger partial charge in [-0.3, -0.25) is 35.8 Å². The Labute approximate surface area is 586 Å². The van der Waals surface area contributed by atoms with Crippen LogP contribution < -0.4 is 22.2 Å². The average Bonchev–Trinajstić information content (AvgIpc) is 1.63. The quantitative estimate of drug-likeness (QED) is 0.0627. The highest BCUT2D eigenvalue weighted by Crippen LogP contribution is 2.45. The zero-order valence-electron chi connectivity index (χ0n) is 56.7. The molecule has 11 aromatic rings. The molecule has 31 heteroatoms. The molecule has 12 N–H and O–H groups in total. The Kier molecular flexibility index (Phi) is 21.1. The summed E-state index contributed by atoms with van der Waals surface area (Å²) in [6.07, 6.45) is 0. The summed E-state index contributed by atoms with van der Waals surface area (Å²) in [5.41, 5.74) is -0.757. The molecule has 25 nitrogen and oxygen atoms in total. The molecule has 0 bridgehead atoms. The van der Waals surface area contributed by atoms with Crippen molar-refractivity contribution in [2.24, 2.45) is 0 Å². The van der Waals surface area contributed by atoms with Gasteiger partial charge in [-0.1, -0.05) is 95.3 Å². The maximum absolute atomic E-state index is 12.2. The van der Waals surface area contributed by atoms with Crippen molar-refractivity contribution in [1.82, 2.24) is 26.7 Å². The van der Waals surface area contributed by atoms with Crippen LogP contribution in [-0.2, 0) is 34.1 Å². The third-order valence-corrected chi connectivity index (χ3v) is 20.0. The minimum atomic E-state index is -0.485. The number of nitrogens with zero attached hydrogens (tertiary/aromatic N) is 6. The third-order valence-electron chi connectivity index (χ3n) is 14.5. The van der Waals surface area contributed by atoms with Gasteiger partial charge in [0, 0.05) is 58.3 Å². The molecule has 5 aromatic heterocycles. The van der Waals surface area contributed by atoms with Crippen LogP contribution in [0.5, 0.6) is 69.0 Å². The fourth-order valence-corrected chi connectivity index (χ4v) is 13.7. The number of aromatic hydroxyl groups is 12. The molecule has 1 aliphatic rings. The molecule has 0 unspecified atom stereocenters. The lowest BCUT2D eigenvalue weighted by atomic mass is 9.90. The number of hydrogen-bond donors (Lipinski definition) is 12. The molecule has 0 radical (unpaired) electrons. The van der Waals surface area contributed by atoms with Gasteiger partial charge in [-0.15, -0.1) is 0 Å². The predicted octanol–water partition coefficient (Wildman–Crippen LogP) is 14.8. The number of carbonyl (C=O) groups excluding carboxylic acids is 1. The molecule has 6 aromatic carbocycles. The number of rotatable bonds is 0. The molecule has 0 saturated heterocycles. The molecule has 0 atom stereocenters. The monoisotopic (exact) mass is 1470 g/mol. The molecule has 1 amide bonds. The number of phenolic OH excluding ortho intramolecular Hbond substituents is 12. The van der Waals surface area contributed by atoms with Crippen LogP contribution >= 0.6 is 69.4 Å². The largest absolute Gasteiger partial charge is 0.504 e. The van der Waals surface area contributed by atoms with E-state index in [0.29, 0.717) is 36.0 Å². The van der Waals surface area contributed by atoms with Crippen LogP contribution in [0.25, 0.3) is 52.2 Å². The molecule has 98 heavy (non-hydrogen) atoms. The average molecular weight is 1470 g/mol. The number of amides is 1. The van der Waals surface area contributed by atoms with Crippen LogP contribution in [0.4, 0.5) is 0 Å². The lowest BCUT2D eigenvalue weighted by Crippen LogP contribution is -2.41. The SMILES string of the molecule is CC(C)(C)N1Cc2c(O)c(O)cc(Cl)c2C1=O.CC(C)(C)c1noc2cc(O)c(O)cc12.CC(C)(C)n1oc2cc(O)c(O)cc2c1=O.CC(C)(C)n1sc2c(Cl)c(O)c(O)cc2c1=O.CC(C)(C)n1sc2cc(O)c(O)c(Cl)c2c1=O.CC(C)(C)n1sc2cc(O)c(O)cc2c1=O. The van der Waals surface area contributed by atoms with E-state index < -0.39 is 11.3 Å². The Morgan fingerprint density at radius 3 is 1.36 bits per heavy atom. The van der Waals surface area contributed by atoms with E-state index >= 15 is 0 Å². The summed E-state index contributed by atoms with van der Waals surface area (Å²) in [7, 11) is 0. The van der Waals surface area contributed by atoms with Crippen molar-refractivity contribution in [3.8, 4) is 69.0 Å². The number of hydrogen-bond acceptors (Lipinski definition) is 23. The van der Waals surface area contributed by atoms with Crippen LogP contribution in [0.2, 0.25) is 15.1 Å². The number of aromatic nitrogens is 5. The second-order valence-corrected chi connectivity index (χ2v) is 32.8. The number of carbonyl (C=O) groups is 1. The summed E-state index contributed by atoms with van der Waals surface area (Å²) in [5, 5.41) is 119. The highest BCUT2D eigenvalue weighted by Gasteiger charge is 2.39. The zero-order chi connectivity index (χ0) is 74.3. The molecule has 0 fully saturated rings. The first kappa shape index (κ1) is 76.4. The van der Waals surface area contributed by atoms with Crippen LogP contribution in [0.3, 0.4) is 0 Å². The fourth-order valence-electron chi connectivity index (χ4n) is 9.55. The molecule has 1 aliphatic heterocycles. The first-order chi connectivity index (χ1) is 44.7. The minimum Gasteiger partial charge on any atom is -0.504 e. The van der Waals surface area contributed by atoms with E-state index in [1.165, 1.54) is 93.9 Å². The van der Waals surface area contributed by atoms with Crippen LogP contribution in [-0.4, -0.2) is 99.4 Å². The van der Waals surface area contributed by atoms with Crippen molar-refractivity contribution in [1.29, 1.82) is 0 Å². The lowest BCUT2D eigenvalue weighted by molar-refractivity contribution is 0.0609. The summed E-state index contributed by atoms with van der Waals surface area (Å²) >= 11 is 21.4. The lowest BCUT2D eigenvalue weighted by Gasteiger charge is -2.31. The summed E-state index contributed by atoms with van der Waals surface area (Å²) in [4.78, 5) is 62.0. The van der Waals surface area contributed by atoms with Crippen molar-refractivity contribution < 1.29 is 75.1 Å². The maximum Gasteiger partial charge on any atom is 0.291 e. The first-order valence-electron chi connectivity index (χ1n) is 29.8. The topological polar surface area (TPSA) is 390 Å². The van der Waals surface area contributed by atoms with Gasteiger partial charge in [0.2, 0.25) is 0 Å². The molecular weight excluding hydrogens is 1400 g/mol. The molecule has 0 spiro atoms. The normalized spacial score (nSPS) is 12.7. The van der Waals surface area contributed by atoms with Gasteiger partial charge >= 0.3 is 0 Å². The van der Waals surface area contributed by atoms with Gasteiger partial charge in [0.15, 0.2) is 80.2 Å². The minimum absolute atomic E-state index is 0.0186. The van der Waals surface area contributed by atoms with Gasteiger partial charge in [-0.25, -0.2) is 0 Å². The second kappa shape index (κ2) is 27.1. The molecule has 6 heterocycles. The molecule has 12 rings (SSSR count). The van der Waals surface area contributed by atoms with Gasteiger partial charge in [-0.2, -0.15) is 4.74 Å². The Hall–Kier alpha value is -8.93. The van der Waals surface area contributed by atoms with Gasteiger partial charge < -0.3 is 75.2 Å². The number of fused-ring (bicyclic) bond motifs is 6. The summed E-state index contributed by atoms with van der Waals surface area (Å²) in [6.45, 7) is 34.7. The van der Waals surface area contributed by atoms with E-state index in [1.807, 2.05) is 125 Å². The Balaban J connectivity index is 0.000000166. The standard InChI is InChI=1S/C12H14ClNO3.2C11H12ClNO3S.C11H13NO4.C11H13NO3S.C11H13NO3/c1-12(2,3)14-5-6-9(11(14)17)7(13)4-8(15)10(6)16;1-11(2,3)13-10(16)5-4-6(14)8(15)7(12)9(5)17-13;1-11(2,3)13-10(16)7-6(17-13)4-5(14)9(15)8(7)12;2*1-11(2,3)12-10(15)6-4-7(13)8(14)5-9(6)16-12;1-11(2,3)10-6-4-7(13)8(14)5-9(6)15-12-10/h4,15-16H,5H2,1-3H3;2*4,14-15H,1-3H3;2*4-5,13-14H,1-3H3;4-5,13-14H,1-3H3. The highest BCUT2D eigenvalue weighted by molar-refractivity contribution is 7.15. The van der Waals surface area contributed by atoms with Crippen molar-refractivity contribution in [3.05, 3.63) is 128 Å². The Bertz CT molecular complexity index is 5060. The third kappa shape index (κ3) is 15.5. The summed E-state index contributed by atoms with van der Waals surface area (Å²) in [6, 6.07) is 11.8. The summed E-state index contributed by atoms with van der Waals surface area (Å²) in [5.74, 6) is -3.74. The zero-order valence-corrected chi connectivity index (χ0v) is 61.4. The Morgan fingerprint density at radius 1 is 0.418 bits per heavy atom. The van der Waals surface area contributed by atoms with Gasteiger partial charge in [-0.05, 0) is 122 Å². The van der Waals surface area contributed by atoms with Crippen LogP contribution in [0.15, 0.2) is 82.8 Å². The van der Waals surface area contributed by atoms with Crippen molar-refractivity contribution in [2.45, 2.75) is 164 Å². The van der Waals surface area contributed by atoms with E-state index in [0.717, 1.165) is 11.1 Å². The van der Waals surface area contributed by atoms with E-state index in [1.54, 1.807) is 16.8 Å². The molecule has 0 aliphatic carbocycles. The summed E-state index contributed by atoms with van der Waals surface area (Å²) < 4.78 is 18.1. The van der Waals surface area contributed by atoms with Gasteiger partial charge in [0.05, 0.1) is 80.6 Å². The first-order valence-corrected chi connectivity index (χ1v) is 33.2. The number of halogens is 3. The van der Waals surface area contributed by atoms with E-state index in [-0.39, 0.29) is 162 Å². The number of phenols is 12. The van der Waals surface area contributed by atoms with Crippen molar-refractivity contribution >= 4 is 128 Å². The van der Waals surface area contributed by atoms with Gasteiger partial charge in [0.25, 0.3) is 28.1 Å². The van der Waals surface area contributed by atoms with Crippen LogP contribution in [0.1, 0.15) is 146 Å². The smallest absolute Gasteiger partial charge is 0.291 e. The second-order valence-electron chi connectivity index (χ2n) is 28.7. The fraction of sp³-hybridized carbons (Fsp3) is 0.373. The Morgan fingerprint density at radius 2 is 0.837 bits per heavy atom. The molecule has 0 saturated carbocycles. The highest BCUT2D eigenvalue weighted by atomic mass is 35.5. The van der Waals surface area contributed by atoms with E-state index in [4.69, 9.17) is 43.8 Å². The van der Waals surface area contributed by atoms with Crippen molar-refractivity contribution in [2.75, 3.05) is 0 Å². The van der Waals surface area contributed by atoms with E-state index in [2.05, 4.69) is 5.16 Å². The van der Waals surface area contributed by atoms with Gasteiger partial charge in [0.1, 0.15) is 10.0 Å².